The molecule has 3 N–H and O–H groups in total. The van der Waals surface area contributed by atoms with E-state index in [1.165, 1.54) is 0 Å². The number of amides is 1. The quantitative estimate of drug-likeness (QED) is 0.707. The Morgan fingerprint density at radius 1 is 1.14 bits per heavy atom. The van der Waals surface area contributed by atoms with Crippen LogP contribution in [0.4, 0.5) is 11.4 Å². The van der Waals surface area contributed by atoms with Crippen LogP contribution >= 0.6 is 0 Å². The Morgan fingerprint density at radius 3 is 2.77 bits per heavy atom. The smallest absolute Gasteiger partial charge is 0.228 e. The summed E-state index contributed by atoms with van der Waals surface area (Å²) in [5, 5.41) is 11.2. The molecule has 0 spiro atoms. The monoisotopic (exact) mass is 291 g/mol. The fraction of sp³-hybridized carbons (Fsp3) is 0.0625. The highest BCUT2D eigenvalue weighted by Gasteiger charge is 2.18. The molecule has 1 aliphatic heterocycles. The summed E-state index contributed by atoms with van der Waals surface area (Å²) in [7, 11) is 0. The maximum atomic E-state index is 11.4. The first-order valence-corrected chi connectivity index (χ1v) is 6.90. The number of rotatable bonds is 2. The fourth-order valence-electron chi connectivity index (χ4n) is 2.54. The fourth-order valence-corrected chi connectivity index (χ4v) is 2.54. The summed E-state index contributed by atoms with van der Waals surface area (Å²) in [5.41, 5.74) is 10.9. The van der Waals surface area contributed by atoms with E-state index in [2.05, 4.69) is 15.6 Å². The summed E-state index contributed by atoms with van der Waals surface area (Å²) in [4.78, 5) is 11.4. The van der Waals surface area contributed by atoms with Gasteiger partial charge in [-0.15, -0.1) is 5.10 Å². The van der Waals surface area contributed by atoms with E-state index in [4.69, 9.17) is 5.73 Å². The maximum absolute atomic E-state index is 11.4. The first-order valence-electron chi connectivity index (χ1n) is 6.90. The van der Waals surface area contributed by atoms with Crippen molar-refractivity contribution in [2.24, 2.45) is 0 Å². The minimum Gasteiger partial charge on any atom is -0.399 e. The Hall–Kier alpha value is -3.15. The SMILES string of the molecule is Nc1ccc(-n2cc(-c3ccc4c(c3)CC(=O)N4)nn2)cc1. The molecule has 0 saturated carbocycles. The zero-order chi connectivity index (χ0) is 15.1. The zero-order valence-corrected chi connectivity index (χ0v) is 11.7. The lowest BCUT2D eigenvalue weighted by Crippen LogP contribution is -2.03. The van der Waals surface area contributed by atoms with Gasteiger partial charge in [-0.25, -0.2) is 4.68 Å². The summed E-state index contributed by atoms with van der Waals surface area (Å²) >= 11 is 0. The van der Waals surface area contributed by atoms with Crippen molar-refractivity contribution in [3.63, 3.8) is 0 Å². The predicted octanol–water partition coefficient (Wildman–Crippen LogP) is 2.01. The zero-order valence-electron chi connectivity index (χ0n) is 11.7. The van der Waals surface area contributed by atoms with Crippen molar-refractivity contribution >= 4 is 17.3 Å². The molecule has 0 radical (unpaired) electrons. The number of nitrogens with one attached hydrogen (secondary N) is 1. The van der Waals surface area contributed by atoms with E-state index in [-0.39, 0.29) is 5.91 Å². The predicted molar refractivity (Wildman–Crippen MR) is 83.5 cm³/mol. The molecule has 0 fully saturated rings. The van der Waals surface area contributed by atoms with E-state index >= 15 is 0 Å². The Balaban J connectivity index is 1.68. The number of fused-ring (bicyclic) bond motifs is 1. The lowest BCUT2D eigenvalue weighted by Gasteiger charge is -2.01. The van der Waals surface area contributed by atoms with E-state index < -0.39 is 0 Å². The van der Waals surface area contributed by atoms with Crippen molar-refractivity contribution in [1.29, 1.82) is 0 Å². The molecule has 22 heavy (non-hydrogen) atoms. The van der Waals surface area contributed by atoms with E-state index in [0.29, 0.717) is 12.1 Å². The number of nitrogens with zero attached hydrogens (tertiary/aromatic N) is 3. The van der Waals surface area contributed by atoms with E-state index in [0.717, 1.165) is 28.2 Å². The first-order chi connectivity index (χ1) is 10.7. The number of anilines is 2. The third-order valence-corrected chi connectivity index (χ3v) is 3.68. The number of carbonyl (C=O) groups excluding carboxylic acids is 1. The van der Waals surface area contributed by atoms with Gasteiger partial charge in [0.15, 0.2) is 0 Å². The van der Waals surface area contributed by atoms with Gasteiger partial charge < -0.3 is 11.1 Å². The summed E-state index contributed by atoms with van der Waals surface area (Å²) in [6.45, 7) is 0. The van der Waals surface area contributed by atoms with Crippen molar-refractivity contribution in [3.8, 4) is 16.9 Å². The van der Waals surface area contributed by atoms with Crippen LogP contribution in [0.25, 0.3) is 16.9 Å². The Morgan fingerprint density at radius 2 is 1.95 bits per heavy atom. The van der Waals surface area contributed by atoms with Crippen LogP contribution in [0.3, 0.4) is 0 Å². The highest BCUT2D eigenvalue weighted by molar-refractivity contribution is 5.99. The van der Waals surface area contributed by atoms with Gasteiger partial charge >= 0.3 is 0 Å². The second-order valence-electron chi connectivity index (χ2n) is 5.24. The first kappa shape index (κ1) is 12.6. The minimum atomic E-state index is 0.0256. The van der Waals surface area contributed by atoms with Gasteiger partial charge in [-0.1, -0.05) is 11.3 Å². The van der Waals surface area contributed by atoms with Gasteiger partial charge in [-0.2, -0.15) is 0 Å². The topological polar surface area (TPSA) is 85.8 Å². The van der Waals surface area contributed by atoms with Crippen LogP contribution in [0.1, 0.15) is 5.56 Å². The van der Waals surface area contributed by atoms with Gasteiger partial charge in [-0.05, 0) is 42.0 Å². The van der Waals surface area contributed by atoms with Crippen molar-refractivity contribution in [3.05, 3.63) is 54.2 Å². The lowest BCUT2D eigenvalue weighted by atomic mass is 10.1. The highest BCUT2D eigenvalue weighted by atomic mass is 16.1. The number of hydrogen-bond donors (Lipinski definition) is 2. The summed E-state index contributed by atoms with van der Waals surface area (Å²) in [6, 6.07) is 13.2. The molecule has 2 heterocycles. The molecule has 6 heteroatoms. The van der Waals surface area contributed by atoms with Crippen LogP contribution < -0.4 is 11.1 Å². The van der Waals surface area contributed by atoms with E-state index in [1.807, 2.05) is 48.7 Å². The molecule has 1 amide bonds. The van der Waals surface area contributed by atoms with Gasteiger partial charge in [-0.3, -0.25) is 4.79 Å². The molecule has 6 nitrogen and oxygen atoms in total. The number of benzene rings is 2. The molecule has 3 aromatic rings. The number of carbonyl (C=O) groups is 1. The Bertz CT molecular complexity index is 866. The summed E-state index contributed by atoms with van der Waals surface area (Å²) in [5.74, 6) is 0.0256. The van der Waals surface area contributed by atoms with Gasteiger partial charge in [0.1, 0.15) is 5.69 Å². The van der Waals surface area contributed by atoms with Gasteiger partial charge in [0.25, 0.3) is 0 Å². The molecule has 1 aromatic heterocycles. The molecular formula is C16H13N5O. The van der Waals surface area contributed by atoms with Crippen LogP contribution in [0, 0.1) is 0 Å². The third-order valence-electron chi connectivity index (χ3n) is 3.68. The van der Waals surface area contributed by atoms with E-state index in [1.54, 1.807) is 4.68 Å². The molecular weight excluding hydrogens is 278 g/mol. The summed E-state index contributed by atoms with van der Waals surface area (Å²) in [6.07, 6.45) is 2.27. The van der Waals surface area contributed by atoms with Crippen molar-refractivity contribution in [2.75, 3.05) is 11.1 Å². The molecule has 0 atom stereocenters. The van der Waals surface area contributed by atoms with Crippen LogP contribution in [-0.2, 0) is 11.2 Å². The standard InChI is InChI=1S/C16H13N5O/c17-12-2-4-13(5-3-12)21-9-15(19-20-21)10-1-6-14-11(7-10)8-16(22)18-14/h1-7,9H,8,17H2,(H,18,22). The molecule has 108 valence electrons. The second-order valence-corrected chi connectivity index (χ2v) is 5.24. The third kappa shape index (κ3) is 2.10. The molecule has 0 aliphatic carbocycles. The van der Waals surface area contributed by atoms with Gasteiger partial charge in [0.05, 0.1) is 18.3 Å². The van der Waals surface area contributed by atoms with Crippen LogP contribution in [0.2, 0.25) is 0 Å². The average molecular weight is 291 g/mol. The average Bonchev–Trinajstić information content (AvgIpc) is 3.12. The number of nitrogens with two attached hydrogens (primary N) is 1. The van der Waals surface area contributed by atoms with E-state index in [9.17, 15) is 4.79 Å². The van der Waals surface area contributed by atoms with Crippen LogP contribution in [0.5, 0.6) is 0 Å². The molecule has 0 unspecified atom stereocenters. The number of nitrogen functional groups attached to an aromatic ring is 1. The van der Waals surface area contributed by atoms with Crippen molar-refractivity contribution in [1.82, 2.24) is 15.0 Å². The Labute approximate surface area is 126 Å². The van der Waals surface area contributed by atoms with Crippen molar-refractivity contribution in [2.45, 2.75) is 6.42 Å². The normalized spacial score (nSPS) is 13.0. The second kappa shape index (κ2) is 4.70. The molecule has 0 saturated heterocycles. The highest BCUT2D eigenvalue weighted by Crippen LogP contribution is 2.28. The number of aromatic nitrogens is 3. The van der Waals surface area contributed by atoms with Crippen LogP contribution in [-0.4, -0.2) is 20.9 Å². The maximum Gasteiger partial charge on any atom is 0.228 e. The number of hydrogen-bond acceptors (Lipinski definition) is 4. The minimum absolute atomic E-state index is 0.0256. The van der Waals surface area contributed by atoms with Gasteiger partial charge in [0, 0.05) is 16.9 Å². The molecule has 2 aromatic carbocycles. The molecule has 1 aliphatic rings. The Kier molecular flexibility index (Phi) is 2.69. The molecule has 4 rings (SSSR count). The lowest BCUT2D eigenvalue weighted by molar-refractivity contribution is -0.115. The summed E-state index contributed by atoms with van der Waals surface area (Å²) < 4.78 is 1.70. The van der Waals surface area contributed by atoms with Gasteiger partial charge in [0.2, 0.25) is 5.91 Å². The van der Waals surface area contributed by atoms with Crippen LogP contribution in [0.15, 0.2) is 48.7 Å². The van der Waals surface area contributed by atoms with Crippen molar-refractivity contribution < 1.29 is 4.79 Å². The molecule has 0 bridgehead atoms. The largest absolute Gasteiger partial charge is 0.399 e.